The van der Waals surface area contributed by atoms with E-state index < -0.39 is 0 Å². The van der Waals surface area contributed by atoms with Gasteiger partial charge in [0.25, 0.3) is 11.4 Å². The maximum Gasteiger partial charge on any atom is 0.264 e. The van der Waals surface area contributed by atoms with Gasteiger partial charge in [0.15, 0.2) is 0 Å². The second-order valence-electron chi connectivity index (χ2n) is 9.01. The van der Waals surface area contributed by atoms with Gasteiger partial charge in [-0.2, -0.15) is 4.98 Å². The zero-order valence-corrected chi connectivity index (χ0v) is 21.2. The van der Waals surface area contributed by atoms with Crippen LogP contribution in [0.25, 0.3) is 22.8 Å². The largest absolute Gasteiger partial charge is 0.368 e. The summed E-state index contributed by atoms with van der Waals surface area (Å²) >= 11 is 5.96. The first-order valence-corrected chi connectivity index (χ1v) is 12.3. The first-order valence-electron chi connectivity index (χ1n) is 11.9. The van der Waals surface area contributed by atoms with Crippen LogP contribution in [0, 0.1) is 19.7 Å². The van der Waals surface area contributed by atoms with E-state index in [1.807, 2.05) is 6.07 Å². The summed E-state index contributed by atoms with van der Waals surface area (Å²) in [5.41, 5.74) is 2.89. The Bertz CT molecular complexity index is 1490. The Hall–Kier alpha value is -3.98. The molecule has 4 aromatic rings. The minimum absolute atomic E-state index is 0.0906. The Morgan fingerprint density at radius 3 is 2.38 bits per heavy atom. The Labute approximate surface area is 217 Å². The van der Waals surface area contributed by atoms with Crippen LogP contribution in [0.2, 0.25) is 5.02 Å². The molecule has 0 saturated carbocycles. The fourth-order valence-electron chi connectivity index (χ4n) is 4.53. The normalized spacial score (nSPS) is 13.7. The highest BCUT2D eigenvalue weighted by Gasteiger charge is 2.24. The molecule has 2 aromatic heterocycles. The number of aromatic nitrogens is 3. The third-order valence-electron chi connectivity index (χ3n) is 6.56. The molecule has 1 amide bonds. The van der Waals surface area contributed by atoms with Crippen LogP contribution >= 0.6 is 11.6 Å². The van der Waals surface area contributed by atoms with E-state index in [0.717, 1.165) is 5.69 Å². The average Bonchev–Trinajstić information content (AvgIpc) is 3.37. The van der Waals surface area contributed by atoms with E-state index in [-0.39, 0.29) is 35.3 Å². The van der Waals surface area contributed by atoms with E-state index in [0.29, 0.717) is 53.8 Å². The van der Waals surface area contributed by atoms with Gasteiger partial charge in [-0.3, -0.25) is 9.59 Å². The molecule has 3 heterocycles. The van der Waals surface area contributed by atoms with Crippen LogP contribution < -0.4 is 10.5 Å². The van der Waals surface area contributed by atoms with E-state index >= 15 is 0 Å². The number of amides is 1. The lowest BCUT2D eigenvalue weighted by Crippen LogP contribution is -2.50. The number of carbonyl (C=O) groups excluding carboxylic acids is 1. The lowest BCUT2D eigenvalue weighted by atomic mass is 10.1. The number of pyridine rings is 1. The van der Waals surface area contributed by atoms with Crippen molar-refractivity contribution in [2.24, 2.45) is 0 Å². The molecule has 1 saturated heterocycles. The number of aryl methyl sites for hydroxylation is 2. The lowest BCUT2D eigenvalue weighted by Gasteiger charge is -2.36. The fourth-order valence-corrected chi connectivity index (χ4v) is 4.65. The van der Waals surface area contributed by atoms with Gasteiger partial charge in [-0.15, -0.1) is 0 Å². The van der Waals surface area contributed by atoms with Gasteiger partial charge in [0.1, 0.15) is 17.9 Å². The second-order valence-corrected chi connectivity index (χ2v) is 9.45. The predicted octanol–water partition coefficient (Wildman–Crippen LogP) is 4.32. The van der Waals surface area contributed by atoms with Gasteiger partial charge >= 0.3 is 0 Å². The molecule has 8 nitrogen and oxygen atoms in total. The van der Waals surface area contributed by atoms with Gasteiger partial charge in [0, 0.05) is 48.1 Å². The van der Waals surface area contributed by atoms with Crippen molar-refractivity contribution in [2.75, 3.05) is 31.1 Å². The molecule has 10 heteroatoms. The number of anilines is 1. The van der Waals surface area contributed by atoms with E-state index in [2.05, 4.69) is 15.0 Å². The molecule has 190 valence electrons. The summed E-state index contributed by atoms with van der Waals surface area (Å²) in [6, 6.07) is 15.2. The minimum Gasteiger partial charge on any atom is -0.368 e. The summed E-state index contributed by atoms with van der Waals surface area (Å²) < 4.78 is 20.1. The van der Waals surface area contributed by atoms with Crippen LogP contribution in [0.3, 0.4) is 0 Å². The van der Waals surface area contributed by atoms with Crippen molar-refractivity contribution in [3.8, 4) is 22.8 Å². The molecular formula is C27H25ClFN5O3. The number of piperazine rings is 1. The molecule has 0 aliphatic carbocycles. The zero-order chi connectivity index (χ0) is 26.1. The first kappa shape index (κ1) is 24.7. The van der Waals surface area contributed by atoms with Gasteiger partial charge < -0.3 is 18.9 Å². The van der Waals surface area contributed by atoms with E-state index in [4.69, 9.17) is 16.1 Å². The molecule has 0 bridgehead atoms. The molecule has 0 radical (unpaired) electrons. The summed E-state index contributed by atoms with van der Waals surface area (Å²) in [4.78, 5) is 34.9. The molecule has 1 aliphatic rings. The van der Waals surface area contributed by atoms with Crippen molar-refractivity contribution in [1.82, 2.24) is 19.6 Å². The minimum atomic E-state index is -0.359. The number of rotatable bonds is 5. The van der Waals surface area contributed by atoms with Gasteiger partial charge in [0.05, 0.1) is 0 Å². The molecular weight excluding hydrogens is 497 g/mol. The molecule has 2 aromatic carbocycles. The van der Waals surface area contributed by atoms with Crippen molar-refractivity contribution in [3.05, 3.63) is 87.0 Å². The Morgan fingerprint density at radius 1 is 1.03 bits per heavy atom. The first-order chi connectivity index (χ1) is 17.8. The smallest absolute Gasteiger partial charge is 0.264 e. The van der Waals surface area contributed by atoms with E-state index in [1.54, 1.807) is 55.1 Å². The summed E-state index contributed by atoms with van der Waals surface area (Å²) in [7, 11) is 0. The van der Waals surface area contributed by atoms with Gasteiger partial charge in [0.2, 0.25) is 11.7 Å². The van der Waals surface area contributed by atoms with Crippen LogP contribution in [-0.4, -0.2) is 51.7 Å². The van der Waals surface area contributed by atoms with Crippen molar-refractivity contribution >= 4 is 23.2 Å². The monoisotopic (exact) mass is 521 g/mol. The van der Waals surface area contributed by atoms with Crippen molar-refractivity contribution < 1.29 is 13.7 Å². The third-order valence-corrected chi connectivity index (χ3v) is 6.82. The Balaban J connectivity index is 1.33. The van der Waals surface area contributed by atoms with Crippen molar-refractivity contribution in [2.45, 2.75) is 20.4 Å². The van der Waals surface area contributed by atoms with E-state index in [1.165, 1.54) is 16.7 Å². The van der Waals surface area contributed by atoms with Crippen molar-refractivity contribution in [1.29, 1.82) is 0 Å². The standard InChI is InChI=1S/C27H25ClFN5O3/c1-17-15-18(2)34(16-23(35)33-13-11-32(12-14-33)22-9-7-21(29)8-10-22)27(36)24(17)26-30-25(31-37-26)19-3-5-20(28)6-4-19/h3-10,15H,11-14,16H2,1-2H3. The summed E-state index contributed by atoms with van der Waals surface area (Å²) in [6.07, 6.45) is 0. The topological polar surface area (TPSA) is 84.5 Å². The summed E-state index contributed by atoms with van der Waals surface area (Å²) in [5, 5.41) is 4.61. The fraction of sp³-hybridized carbons (Fsp3) is 0.259. The number of halogens is 2. The van der Waals surface area contributed by atoms with E-state index in [9.17, 15) is 14.0 Å². The zero-order valence-electron chi connectivity index (χ0n) is 20.4. The number of hydrogen-bond acceptors (Lipinski definition) is 6. The molecule has 0 spiro atoms. The molecule has 37 heavy (non-hydrogen) atoms. The van der Waals surface area contributed by atoms with Crippen LogP contribution in [0.5, 0.6) is 0 Å². The van der Waals surface area contributed by atoms with Crippen LogP contribution in [0.1, 0.15) is 11.3 Å². The van der Waals surface area contributed by atoms with Crippen molar-refractivity contribution in [3.63, 3.8) is 0 Å². The summed E-state index contributed by atoms with van der Waals surface area (Å²) in [5.74, 6) is 0.0120. The molecule has 0 atom stereocenters. The number of benzene rings is 2. The predicted molar refractivity (Wildman–Crippen MR) is 139 cm³/mol. The third kappa shape index (κ3) is 5.13. The number of nitrogens with zero attached hydrogens (tertiary/aromatic N) is 5. The highest BCUT2D eigenvalue weighted by atomic mass is 35.5. The van der Waals surface area contributed by atoms with Gasteiger partial charge in [-0.05, 0) is 74.0 Å². The molecule has 1 aliphatic heterocycles. The van der Waals surface area contributed by atoms with Crippen LogP contribution in [0.15, 0.2) is 63.9 Å². The highest BCUT2D eigenvalue weighted by Crippen LogP contribution is 2.24. The number of hydrogen-bond donors (Lipinski definition) is 0. The molecule has 5 rings (SSSR count). The summed E-state index contributed by atoms with van der Waals surface area (Å²) in [6.45, 7) is 5.78. The van der Waals surface area contributed by atoms with Gasteiger partial charge in [-0.25, -0.2) is 4.39 Å². The second kappa shape index (κ2) is 10.2. The maximum absolute atomic E-state index is 13.5. The molecule has 0 N–H and O–H groups in total. The van der Waals surface area contributed by atoms with Gasteiger partial charge in [-0.1, -0.05) is 16.8 Å². The number of carbonyl (C=O) groups is 1. The maximum atomic E-state index is 13.5. The lowest BCUT2D eigenvalue weighted by molar-refractivity contribution is -0.132. The van der Waals surface area contributed by atoms with Crippen LogP contribution in [-0.2, 0) is 11.3 Å². The highest BCUT2D eigenvalue weighted by molar-refractivity contribution is 6.30. The van der Waals surface area contributed by atoms with Crippen LogP contribution in [0.4, 0.5) is 10.1 Å². The SMILES string of the molecule is Cc1cc(C)n(CC(=O)N2CCN(c3ccc(F)cc3)CC2)c(=O)c1-c1nc(-c2ccc(Cl)cc2)no1. The quantitative estimate of drug-likeness (QED) is 0.389. The average molecular weight is 522 g/mol. The Morgan fingerprint density at radius 2 is 1.70 bits per heavy atom. The Kier molecular flexibility index (Phi) is 6.80. The molecule has 0 unspecified atom stereocenters. The molecule has 1 fully saturated rings.